The van der Waals surface area contributed by atoms with Crippen molar-refractivity contribution in [3.05, 3.63) is 23.0 Å². The number of nitriles is 1. The molecule has 1 aromatic heterocycles. The number of rotatable bonds is 3. The Kier molecular flexibility index (Phi) is 4.15. The van der Waals surface area contributed by atoms with Gasteiger partial charge in [-0.1, -0.05) is 0 Å². The first-order valence-electron chi connectivity index (χ1n) is 7.01. The summed E-state index contributed by atoms with van der Waals surface area (Å²) in [7, 11) is 1.69. The Bertz CT molecular complexity index is 543. The van der Waals surface area contributed by atoms with Crippen LogP contribution in [0.5, 0.6) is 0 Å². The van der Waals surface area contributed by atoms with Gasteiger partial charge in [-0.15, -0.1) is 0 Å². The molecule has 0 saturated carbocycles. The smallest absolute Gasteiger partial charge is 0.226 e. The molecular weight excluding hydrogens is 252 g/mol. The molecule has 2 N–H and O–H groups in total. The van der Waals surface area contributed by atoms with E-state index in [1.165, 1.54) is 0 Å². The summed E-state index contributed by atoms with van der Waals surface area (Å²) in [4.78, 5) is 17.5. The van der Waals surface area contributed by atoms with Crippen molar-refractivity contribution >= 4 is 5.91 Å². The van der Waals surface area contributed by atoms with E-state index in [1.807, 2.05) is 19.9 Å². The molecule has 1 aliphatic heterocycles. The number of carbonyl (C=O) groups is 1. The molecule has 5 nitrogen and oxygen atoms in total. The zero-order valence-electron chi connectivity index (χ0n) is 12.4. The van der Waals surface area contributed by atoms with E-state index in [-0.39, 0.29) is 11.3 Å². The van der Waals surface area contributed by atoms with Gasteiger partial charge in [-0.25, -0.2) is 0 Å². The van der Waals surface area contributed by atoms with Gasteiger partial charge in [-0.05, 0) is 39.3 Å². The molecule has 0 bridgehead atoms. The van der Waals surface area contributed by atoms with Crippen LogP contribution in [0.3, 0.4) is 0 Å². The minimum absolute atomic E-state index is 0.114. The van der Waals surface area contributed by atoms with Crippen LogP contribution in [0.4, 0.5) is 0 Å². The number of hydrogen-bond acceptors (Lipinski definition) is 3. The largest absolute Gasteiger partial charge is 0.360 e. The molecule has 0 aliphatic carbocycles. The number of nitrogens with zero attached hydrogens (tertiary/aromatic N) is 2. The molecule has 1 amide bonds. The summed E-state index contributed by atoms with van der Waals surface area (Å²) >= 11 is 0. The second-order valence-corrected chi connectivity index (χ2v) is 5.90. The number of piperidine rings is 1. The second kappa shape index (κ2) is 5.68. The van der Waals surface area contributed by atoms with Gasteiger partial charge in [0.25, 0.3) is 0 Å². The number of likely N-dealkylation sites (tertiary alicyclic amines) is 1. The number of aryl methyl sites for hydroxylation is 1. The van der Waals surface area contributed by atoms with Gasteiger partial charge in [0, 0.05) is 31.5 Å². The molecule has 1 fully saturated rings. The van der Waals surface area contributed by atoms with Gasteiger partial charge < -0.3 is 10.3 Å². The standard InChI is InChI=1S/C15H22N4O/c1-11-12(8-16)7-13(18-11)9-19-6-4-5-15(2,10-19)14(20)17-3/h7,18H,4-6,9-10H2,1-3H3,(H,17,20). The molecule has 1 aliphatic rings. The van der Waals surface area contributed by atoms with Crippen LogP contribution in [0, 0.1) is 23.7 Å². The fourth-order valence-corrected chi connectivity index (χ4v) is 3.04. The van der Waals surface area contributed by atoms with Gasteiger partial charge in [0.15, 0.2) is 0 Å². The van der Waals surface area contributed by atoms with Crippen LogP contribution in [0.15, 0.2) is 6.07 Å². The van der Waals surface area contributed by atoms with Crippen molar-refractivity contribution in [3.8, 4) is 6.07 Å². The Morgan fingerprint density at radius 2 is 2.40 bits per heavy atom. The van der Waals surface area contributed by atoms with Crippen molar-refractivity contribution in [2.24, 2.45) is 5.41 Å². The lowest BCUT2D eigenvalue weighted by Gasteiger charge is -2.38. The first-order valence-corrected chi connectivity index (χ1v) is 7.01. The van der Waals surface area contributed by atoms with E-state index in [1.54, 1.807) is 7.05 Å². The molecule has 0 aromatic carbocycles. The minimum Gasteiger partial charge on any atom is -0.360 e. The zero-order valence-corrected chi connectivity index (χ0v) is 12.4. The van der Waals surface area contributed by atoms with Gasteiger partial charge >= 0.3 is 0 Å². The lowest BCUT2D eigenvalue weighted by molar-refractivity contribution is -0.132. The molecule has 2 heterocycles. The maximum absolute atomic E-state index is 12.0. The van der Waals surface area contributed by atoms with Crippen LogP contribution in [-0.4, -0.2) is 35.9 Å². The predicted molar refractivity (Wildman–Crippen MR) is 76.9 cm³/mol. The third-order valence-electron chi connectivity index (χ3n) is 4.14. The highest BCUT2D eigenvalue weighted by Gasteiger charge is 2.37. The van der Waals surface area contributed by atoms with Gasteiger partial charge in [0.05, 0.1) is 11.0 Å². The summed E-state index contributed by atoms with van der Waals surface area (Å²) in [6.45, 7) is 6.44. The Hall–Kier alpha value is -1.80. The molecule has 2 rings (SSSR count). The van der Waals surface area contributed by atoms with E-state index in [2.05, 4.69) is 21.3 Å². The van der Waals surface area contributed by atoms with E-state index < -0.39 is 0 Å². The summed E-state index contributed by atoms with van der Waals surface area (Å²) in [6, 6.07) is 4.09. The van der Waals surface area contributed by atoms with Crippen molar-refractivity contribution in [3.63, 3.8) is 0 Å². The molecule has 1 aromatic rings. The molecule has 108 valence electrons. The zero-order chi connectivity index (χ0) is 14.8. The average molecular weight is 274 g/mol. The number of H-pyrrole nitrogens is 1. The average Bonchev–Trinajstić information content (AvgIpc) is 2.77. The number of hydrogen-bond donors (Lipinski definition) is 2. The van der Waals surface area contributed by atoms with E-state index in [9.17, 15) is 4.79 Å². The Balaban J connectivity index is 2.06. The maximum Gasteiger partial charge on any atom is 0.226 e. The fourth-order valence-electron chi connectivity index (χ4n) is 3.04. The third kappa shape index (κ3) is 2.86. The molecule has 20 heavy (non-hydrogen) atoms. The SMILES string of the molecule is CNC(=O)C1(C)CCCN(Cc2cc(C#N)c(C)[nH]2)C1. The lowest BCUT2D eigenvalue weighted by atomic mass is 9.81. The predicted octanol–water partition coefficient (Wildman–Crippen LogP) is 1.54. The maximum atomic E-state index is 12.0. The topological polar surface area (TPSA) is 71.9 Å². The first kappa shape index (κ1) is 14.6. The Morgan fingerprint density at radius 3 is 3.00 bits per heavy atom. The van der Waals surface area contributed by atoms with Gasteiger partial charge in [-0.2, -0.15) is 5.26 Å². The third-order valence-corrected chi connectivity index (χ3v) is 4.14. The molecule has 1 saturated heterocycles. The number of aromatic nitrogens is 1. The van der Waals surface area contributed by atoms with Crippen LogP contribution < -0.4 is 5.32 Å². The van der Waals surface area contributed by atoms with Crippen LogP contribution >= 0.6 is 0 Å². The van der Waals surface area contributed by atoms with Crippen LogP contribution in [0.2, 0.25) is 0 Å². The van der Waals surface area contributed by atoms with E-state index >= 15 is 0 Å². The number of carbonyl (C=O) groups excluding carboxylic acids is 1. The number of nitrogens with one attached hydrogen (secondary N) is 2. The van der Waals surface area contributed by atoms with Gasteiger partial charge in [0.2, 0.25) is 5.91 Å². The van der Waals surface area contributed by atoms with Crippen molar-refractivity contribution in [1.29, 1.82) is 5.26 Å². The second-order valence-electron chi connectivity index (χ2n) is 5.90. The Morgan fingerprint density at radius 1 is 1.65 bits per heavy atom. The van der Waals surface area contributed by atoms with E-state index in [0.29, 0.717) is 5.56 Å². The monoisotopic (exact) mass is 274 g/mol. The normalized spacial score (nSPS) is 23.3. The lowest BCUT2D eigenvalue weighted by Crippen LogP contribution is -2.49. The van der Waals surface area contributed by atoms with Crippen molar-refractivity contribution in [2.75, 3.05) is 20.1 Å². The highest BCUT2D eigenvalue weighted by Crippen LogP contribution is 2.30. The molecule has 5 heteroatoms. The Labute approximate surface area is 120 Å². The van der Waals surface area contributed by atoms with Crippen molar-refractivity contribution in [2.45, 2.75) is 33.2 Å². The molecular formula is C15H22N4O. The van der Waals surface area contributed by atoms with Gasteiger partial charge in [0.1, 0.15) is 6.07 Å². The molecule has 1 atom stereocenters. The van der Waals surface area contributed by atoms with Gasteiger partial charge in [-0.3, -0.25) is 9.69 Å². The molecule has 1 unspecified atom stereocenters. The van der Waals surface area contributed by atoms with Crippen LogP contribution in [0.25, 0.3) is 0 Å². The van der Waals surface area contributed by atoms with Crippen LogP contribution in [-0.2, 0) is 11.3 Å². The minimum atomic E-state index is -0.313. The van der Waals surface area contributed by atoms with Crippen molar-refractivity contribution < 1.29 is 4.79 Å². The molecule has 0 spiro atoms. The van der Waals surface area contributed by atoms with E-state index in [0.717, 1.165) is 43.9 Å². The quantitative estimate of drug-likeness (QED) is 0.878. The molecule has 0 radical (unpaired) electrons. The summed E-state index contributed by atoms with van der Waals surface area (Å²) in [5.74, 6) is 0.114. The summed E-state index contributed by atoms with van der Waals surface area (Å²) in [5.41, 5.74) is 2.34. The van der Waals surface area contributed by atoms with E-state index in [4.69, 9.17) is 5.26 Å². The number of amides is 1. The summed E-state index contributed by atoms with van der Waals surface area (Å²) in [6.07, 6.45) is 1.95. The van der Waals surface area contributed by atoms with Crippen molar-refractivity contribution in [1.82, 2.24) is 15.2 Å². The summed E-state index contributed by atoms with van der Waals surface area (Å²) in [5, 5.41) is 11.8. The highest BCUT2D eigenvalue weighted by atomic mass is 16.2. The number of aromatic amines is 1. The fraction of sp³-hybridized carbons (Fsp3) is 0.600. The highest BCUT2D eigenvalue weighted by molar-refractivity contribution is 5.82. The summed E-state index contributed by atoms with van der Waals surface area (Å²) < 4.78 is 0. The first-order chi connectivity index (χ1) is 9.48. The van der Waals surface area contributed by atoms with Crippen LogP contribution in [0.1, 0.15) is 36.7 Å².